The van der Waals surface area contributed by atoms with E-state index in [1.165, 1.54) is 11.3 Å². The van der Waals surface area contributed by atoms with E-state index in [2.05, 4.69) is 18.7 Å². The Morgan fingerprint density at radius 1 is 1.24 bits per heavy atom. The summed E-state index contributed by atoms with van der Waals surface area (Å²) in [4.78, 5) is 11.0. The Labute approximate surface area is 129 Å². The average Bonchev–Trinajstić information content (AvgIpc) is 2.49. The number of esters is 1. The molecule has 0 aliphatic rings. The minimum Gasteiger partial charge on any atom is -0.490 e. The predicted octanol–water partition coefficient (Wildman–Crippen LogP) is 1.14. The molecule has 5 heteroatoms. The number of hydrogen-bond acceptors (Lipinski definition) is 4. The largest absolute Gasteiger partial charge is 0.490 e. The lowest BCUT2D eigenvalue weighted by Gasteiger charge is -2.17. The Kier molecular flexibility index (Phi) is 7.60. The zero-order chi connectivity index (χ0) is 15.7. The van der Waals surface area contributed by atoms with E-state index in [0.29, 0.717) is 19.8 Å². The van der Waals surface area contributed by atoms with Gasteiger partial charge in [-0.25, -0.2) is 4.79 Å². The van der Waals surface area contributed by atoms with E-state index in [0.717, 1.165) is 40.1 Å². The van der Waals surface area contributed by atoms with Gasteiger partial charge in [0.15, 0.2) is 11.5 Å². The van der Waals surface area contributed by atoms with Crippen molar-refractivity contribution in [2.45, 2.75) is 26.7 Å². The first kappa shape index (κ1) is 17.3. The lowest BCUT2D eigenvalue weighted by molar-refractivity contribution is -0.137. The molecule has 0 unspecified atom stereocenters. The predicted molar refractivity (Wildman–Crippen MR) is 87.8 cm³/mol. The van der Waals surface area contributed by atoms with E-state index >= 15 is 0 Å². The van der Waals surface area contributed by atoms with Crippen LogP contribution in [0.15, 0.2) is 24.8 Å². The van der Waals surface area contributed by atoms with Crippen molar-refractivity contribution in [1.82, 2.24) is 0 Å². The first-order chi connectivity index (χ1) is 10.1. The van der Waals surface area contributed by atoms with E-state index in [1.807, 2.05) is 13.8 Å². The molecule has 0 aliphatic heterocycles. The summed E-state index contributed by atoms with van der Waals surface area (Å²) in [5.74, 6) is 1.32. The summed E-state index contributed by atoms with van der Waals surface area (Å²) >= 11 is 0. The Morgan fingerprint density at radius 2 is 1.90 bits per heavy atom. The van der Waals surface area contributed by atoms with Crippen LogP contribution in [0.4, 0.5) is 0 Å². The van der Waals surface area contributed by atoms with Crippen LogP contribution in [0.25, 0.3) is 0 Å². The quantitative estimate of drug-likeness (QED) is 0.297. The average molecular weight is 308 g/mol. The van der Waals surface area contributed by atoms with Gasteiger partial charge in [0.2, 0.25) is 0 Å². The molecule has 21 heavy (non-hydrogen) atoms. The molecule has 0 radical (unpaired) electrons. The molecule has 1 rings (SSSR count). The molecule has 0 aliphatic carbocycles. The summed E-state index contributed by atoms with van der Waals surface area (Å²) in [6, 6.07) is 4.16. The van der Waals surface area contributed by atoms with Crippen molar-refractivity contribution in [2.24, 2.45) is 0 Å². The van der Waals surface area contributed by atoms with E-state index in [4.69, 9.17) is 14.2 Å². The highest BCUT2D eigenvalue weighted by Crippen LogP contribution is 2.30. The summed E-state index contributed by atoms with van der Waals surface area (Å²) in [6.45, 7) is 8.90. The topological polar surface area (TPSA) is 44.8 Å². The molecule has 0 saturated heterocycles. The van der Waals surface area contributed by atoms with Gasteiger partial charge in [-0.15, -0.1) is 0 Å². The third-order valence-corrected chi connectivity index (χ3v) is 3.76. The molecule has 0 bridgehead atoms. The molecule has 0 N–H and O–H groups in total. The molecule has 0 saturated carbocycles. The highest BCUT2D eigenvalue weighted by Gasteiger charge is 2.13. The first-order valence-electron chi connectivity index (χ1n) is 7.31. The smallest absolute Gasteiger partial charge is 0.330 e. The molecular weight excluding hydrogens is 284 g/mol. The normalized spacial score (nSPS) is 10.2. The number of aryl methyl sites for hydroxylation is 1. The first-order valence-corrected chi connectivity index (χ1v) is 8.31. The fourth-order valence-electron chi connectivity index (χ4n) is 2.02. The van der Waals surface area contributed by atoms with Gasteiger partial charge in [-0.3, -0.25) is 0 Å². The van der Waals surface area contributed by atoms with Crippen LogP contribution >= 0.6 is 0 Å². The third kappa shape index (κ3) is 5.26. The second-order valence-corrected chi connectivity index (χ2v) is 5.62. The van der Waals surface area contributed by atoms with Gasteiger partial charge in [-0.05, 0) is 37.4 Å². The number of hydrogen-bond donors (Lipinski definition) is 0. The van der Waals surface area contributed by atoms with Crippen LogP contribution < -0.4 is 14.7 Å². The lowest BCUT2D eigenvalue weighted by atomic mass is 10.1. The fourth-order valence-corrected chi connectivity index (χ4v) is 2.56. The third-order valence-electron chi connectivity index (χ3n) is 2.97. The van der Waals surface area contributed by atoms with E-state index in [1.54, 1.807) is 0 Å². The summed E-state index contributed by atoms with van der Waals surface area (Å²) < 4.78 is 16.5. The number of ether oxygens (including phenoxy) is 3. The van der Waals surface area contributed by atoms with Gasteiger partial charge < -0.3 is 14.2 Å². The zero-order valence-corrected chi connectivity index (χ0v) is 15.1. The number of rotatable bonds is 9. The zero-order valence-electron chi connectivity index (χ0n) is 13.1. The van der Waals surface area contributed by atoms with Gasteiger partial charge in [0.1, 0.15) is 0 Å². The summed E-state index contributed by atoms with van der Waals surface area (Å²) in [5, 5.41) is 1.20. The van der Waals surface area contributed by atoms with Gasteiger partial charge in [0.25, 0.3) is 0 Å². The highest BCUT2D eigenvalue weighted by molar-refractivity contribution is 6.34. The van der Waals surface area contributed by atoms with Crippen LogP contribution in [0.5, 0.6) is 11.5 Å². The van der Waals surface area contributed by atoms with Gasteiger partial charge in [0.05, 0.1) is 19.8 Å². The second-order valence-electron chi connectivity index (χ2n) is 4.54. The van der Waals surface area contributed by atoms with Crippen molar-refractivity contribution >= 4 is 21.4 Å². The lowest BCUT2D eigenvalue weighted by Crippen LogP contribution is -2.13. The minimum absolute atomic E-state index is 0.378. The summed E-state index contributed by atoms with van der Waals surface area (Å²) in [5.41, 5.74) is 1.09. The van der Waals surface area contributed by atoms with E-state index in [9.17, 15) is 4.79 Å². The van der Waals surface area contributed by atoms with Crippen molar-refractivity contribution in [3.8, 4) is 11.5 Å². The van der Waals surface area contributed by atoms with E-state index in [-0.39, 0.29) is 5.97 Å². The van der Waals surface area contributed by atoms with Gasteiger partial charge >= 0.3 is 5.97 Å². The maximum absolute atomic E-state index is 11.0. The molecule has 0 atom stereocenters. The molecule has 0 spiro atoms. The minimum atomic E-state index is -0.384. The van der Waals surface area contributed by atoms with Crippen molar-refractivity contribution in [3.05, 3.63) is 30.4 Å². The van der Waals surface area contributed by atoms with Crippen molar-refractivity contribution in [3.63, 3.8) is 0 Å². The van der Waals surface area contributed by atoms with Crippen LogP contribution in [0.3, 0.4) is 0 Å². The SMILES string of the molecule is C=CC(=O)OCCCc1ccc([SiH3])c(OCC)c1OCC. The fraction of sp³-hybridized carbons (Fsp3) is 0.438. The molecule has 0 aromatic heterocycles. The molecular formula is C16H24O4Si. The maximum Gasteiger partial charge on any atom is 0.330 e. The van der Waals surface area contributed by atoms with Crippen molar-refractivity contribution < 1.29 is 19.0 Å². The molecule has 0 heterocycles. The van der Waals surface area contributed by atoms with Crippen LogP contribution in [0.1, 0.15) is 25.8 Å². The van der Waals surface area contributed by atoms with Gasteiger partial charge in [-0.1, -0.05) is 18.7 Å². The molecule has 1 aromatic carbocycles. The van der Waals surface area contributed by atoms with Gasteiger partial charge in [-0.2, -0.15) is 0 Å². The van der Waals surface area contributed by atoms with Crippen LogP contribution in [0, 0.1) is 0 Å². The van der Waals surface area contributed by atoms with E-state index < -0.39 is 0 Å². The molecule has 116 valence electrons. The molecule has 0 fully saturated rings. The van der Waals surface area contributed by atoms with Crippen LogP contribution in [-0.2, 0) is 16.0 Å². The Hall–Kier alpha value is -1.75. The van der Waals surface area contributed by atoms with Gasteiger partial charge in [0, 0.05) is 16.3 Å². The summed E-state index contributed by atoms with van der Waals surface area (Å²) in [6.07, 6.45) is 2.70. The number of carbonyl (C=O) groups is 1. The molecule has 0 amide bonds. The maximum atomic E-state index is 11.0. The summed E-state index contributed by atoms with van der Waals surface area (Å²) in [7, 11) is 0.911. The molecule has 1 aromatic rings. The second kappa shape index (κ2) is 9.23. The molecule has 4 nitrogen and oxygen atoms in total. The number of benzene rings is 1. The standard InChI is InChI=1S/C16H24O4Si/c1-4-14(17)20-11-7-8-12-9-10-13(21)16(19-6-3)15(12)18-5-2/h4,9-10H,1,5-8,11H2,2-3,21H3. The van der Waals surface area contributed by atoms with Crippen molar-refractivity contribution in [2.75, 3.05) is 19.8 Å². The Bertz CT molecular complexity index is 485. The van der Waals surface area contributed by atoms with Crippen LogP contribution in [0.2, 0.25) is 0 Å². The van der Waals surface area contributed by atoms with Crippen molar-refractivity contribution in [1.29, 1.82) is 0 Å². The Balaban J connectivity index is 2.78. The highest BCUT2D eigenvalue weighted by atomic mass is 28.1. The van der Waals surface area contributed by atoms with Crippen LogP contribution in [-0.4, -0.2) is 36.0 Å². The number of carbonyl (C=O) groups excluding carboxylic acids is 1. The Morgan fingerprint density at radius 3 is 2.52 bits per heavy atom. The monoisotopic (exact) mass is 308 g/mol.